The molecule has 2 aromatic heterocycles. The van der Waals surface area contributed by atoms with Crippen LogP contribution in [0.5, 0.6) is 0 Å². The predicted molar refractivity (Wildman–Crippen MR) is 89.6 cm³/mol. The van der Waals surface area contributed by atoms with Gasteiger partial charge in [0.2, 0.25) is 0 Å². The fraction of sp³-hybridized carbons (Fsp3) is 0.235. The molecule has 118 valence electrons. The second-order valence-electron chi connectivity index (χ2n) is 5.13. The molecule has 0 spiro atoms. The minimum absolute atomic E-state index is 0.349. The molecule has 0 aliphatic carbocycles. The first-order valence-electron chi connectivity index (χ1n) is 7.37. The molecule has 0 aliphatic heterocycles. The Morgan fingerprint density at radius 2 is 2.22 bits per heavy atom. The van der Waals surface area contributed by atoms with Crippen LogP contribution in [0.25, 0.3) is 10.4 Å². The number of benzene rings is 1. The Balaban J connectivity index is 1.73. The molecule has 0 unspecified atom stereocenters. The Labute approximate surface area is 138 Å². The highest BCUT2D eigenvalue weighted by Crippen LogP contribution is 2.27. The van der Waals surface area contributed by atoms with Crippen molar-refractivity contribution in [3.05, 3.63) is 59.0 Å². The van der Waals surface area contributed by atoms with Gasteiger partial charge in [0.25, 0.3) is 0 Å². The normalized spacial score (nSPS) is 10.7. The summed E-state index contributed by atoms with van der Waals surface area (Å²) in [6, 6.07) is 8.34. The van der Waals surface area contributed by atoms with E-state index in [0.29, 0.717) is 18.7 Å². The molecular formula is C17H17N3O2S. The molecule has 5 nitrogen and oxygen atoms in total. The van der Waals surface area contributed by atoms with Crippen molar-refractivity contribution in [3.63, 3.8) is 0 Å². The third-order valence-corrected chi connectivity index (χ3v) is 4.33. The van der Waals surface area contributed by atoms with Gasteiger partial charge in [-0.05, 0) is 19.4 Å². The zero-order chi connectivity index (χ0) is 16.2. The summed E-state index contributed by atoms with van der Waals surface area (Å²) in [6.45, 7) is 4.75. The summed E-state index contributed by atoms with van der Waals surface area (Å²) in [4.78, 5) is 17.2. The van der Waals surface area contributed by atoms with Gasteiger partial charge < -0.3 is 4.74 Å². The number of hydrogen-bond donors (Lipinski definition) is 0. The summed E-state index contributed by atoms with van der Waals surface area (Å²) in [5.41, 5.74) is 2.85. The van der Waals surface area contributed by atoms with Gasteiger partial charge >= 0.3 is 5.97 Å². The number of aryl methyl sites for hydroxylation is 1. The van der Waals surface area contributed by atoms with Crippen LogP contribution in [0.2, 0.25) is 0 Å². The fourth-order valence-electron chi connectivity index (χ4n) is 2.22. The Kier molecular flexibility index (Phi) is 4.52. The van der Waals surface area contributed by atoms with Crippen molar-refractivity contribution in [1.29, 1.82) is 0 Å². The van der Waals surface area contributed by atoms with E-state index < -0.39 is 0 Å². The standard InChI is InChI=1S/C17H17N3O2S/c1-3-22-17(21)14-8-19-20(10-14)11-16-18-9-15(23-16)13-6-4-5-12(2)7-13/h4-10H,3,11H2,1-2H3. The average Bonchev–Trinajstić information content (AvgIpc) is 3.17. The monoisotopic (exact) mass is 327 g/mol. The summed E-state index contributed by atoms with van der Waals surface area (Å²) < 4.78 is 6.66. The van der Waals surface area contributed by atoms with Crippen LogP contribution in [0.15, 0.2) is 42.9 Å². The maximum absolute atomic E-state index is 11.6. The van der Waals surface area contributed by atoms with Gasteiger partial charge in [0.05, 0.1) is 29.8 Å². The molecule has 3 rings (SSSR count). The summed E-state index contributed by atoms with van der Waals surface area (Å²) in [7, 11) is 0. The predicted octanol–water partition coefficient (Wildman–Crippen LogP) is 3.54. The molecule has 0 saturated heterocycles. The molecular weight excluding hydrogens is 310 g/mol. The van der Waals surface area contributed by atoms with E-state index in [1.165, 1.54) is 17.3 Å². The molecule has 0 radical (unpaired) electrons. The number of ether oxygens (including phenoxy) is 1. The maximum Gasteiger partial charge on any atom is 0.341 e. The number of hydrogen-bond acceptors (Lipinski definition) is 5. The minimum Gasteiger partial charge on any atom is -0.462 e. The van der Waals surface area contributed by atoms with Gasteiger partial charge in [0.15, 0.2) is 0 Å². The Bertz CT molecular complexity index is 823. The van der Waals surface area contributed by atoms with Crippen molar-refractivity contribution in [2.24, 2.45) is 0 Å². The molecule has 0 aliphatic rings. The quantitative estimate of drug-likeness (QED) is 0.673. The van der Waals surface area contributed by atoms with Crippen LogP contribution in [0.4, 0.5) is 0 Å². The lowest BCUT2D eigenvalue weighted by molar-refractivity contribution is 0.0526. The van der Waals surface area contributed by atoms with Crippen molar-refractivity contribution in [2.45, 2.75) is 20.4 Å². The summed E-state index contributed by atoms with van der Waals surface area (Å²) in [5.74, 6) is -0.349. The van der Waals surface area contributed by atoms with E-state index in [2.05, 4.69) is 35.2 Å². The Hall–Kier alpha value is -2.47. The van der Waals surface area contributed by atoms with Crippen LogP contribution in [0.1, 0.15) is 27.9 Å². The molecule has 6 heteroatoms. The lowest BCUT2D eigenvalue weighted by atomic mass is 10.1. The first-order chi connectivity index (χ1) is 11.2. The van der Waals surface area contributed by atoms with Gasteiger partial charge in [0, 0.05) is 12.4 Å². The number of nitrogens with zero attached hydrogens (tertiary/aromatic N) is 3. The number of esters is 1. The molecule has 2 heterocycles. The van der Waals surface area contributed by atoms with E-state index in [1.807, 2.05) is 12.3 Å². The third-order valence-electron chi connectivity index (χ3n) is 3.30. The first-order valence-corrected chi connectivity index (χ1v) is 8.18. The van der Waals surface area contributed by atoms with E-state index in [-0.39, 0.29) is 5.97 Å². The molecule has 3 aromatic rings. The number of thiazole rings is 1. The highest BCUT2D eigenvalue weighted by atomic mass is 32.1. The summed E-state index contributed by atoms with van der Waals surface area (Å²) in [6.07, 6.45) is 5.09. The number of carbonyl (C=O) groups excluding carboxylic acids is 1. The van der Waals surface area contributed by atoms with Gasteiger partial charge in [-0.15, -0.1) is 11.3 Å². The largest absolute Gasteiger partial charge is 0.462 e. The number of aromatic nitrogens is 3. The lowest BCUT2D eigenvalue weighted by Gasteiger charge is -1.99. The molecule has 0 bridgehead atoms. The second kappa shape index (κ2) is 6.75. The van der Waals surface area contributed by atoms with E-state index in [1.54, 1.807) is 29.1 Å². The van der Waals surface area contributed by atoms with Gasteiger partial charge in [-0.3, -0.25) is 4.68 Å². The van der Waals surface area contributed by atoms with Crippen LogP contribution < -0.4 is 0 Å². The van der Waals surface area contributed by atoms with E-state index in [4.69, 9.17) is 4.74 Å². The van der Waals surface area contributed by atoms with Gasteiger partial charge in [-0.1, -0.05) is 29.8 Å². The molecule has 23 heavy (non-hydrogen) atoms. The summed E-state index contributed by atoms with van der Waals surface area (Å²) >= 11 is 1.63. The minimum atomic E-state index is -0.349. The van der Waals surface area contributed by atoms with Gasteiger partial charge in [-0.25, -0.2) is 9.78 Å². The molecule has 0 atom stereocenters. The van der Waals surface area contributed by atoms with Crippen LogP contribution >= 0.6 is 11.3 Å². The first kappa shape index (κ1) is 15.4. The molecule has 0 amide bonds. The van der Waals surface area contributed by atoms with Crippen LogP contribution in [0.3, 0.4) is 0 Å². The lowest BCUT2D eigenvalue weighted by Crippen LogP contribution is -2.03. The van der Waals surface area contributed by atoms with Crippen molar-refractivity contribution >= 4 is 17.3 Å². The van der Waals surface area contributed by atoms with Crippen LogP contribution in [-0.4, -0.2) is 27.3 Å². The van der Waals surface area contributed by atoms with Gasteiger partial charge in [-0.2, -0.15) is 5.10 Å². The number of rotatable bonds is 5. The average molecular weight is 327 g/mol. The van der Waals surface area contributed by atoms with Crippen molar-refractivity contribution < 1.29 is 9.53 Å². The van der Waals surface area contributed by atoms with E-state index in [9.17, 15) is 4.79 Å². The van der Waals surface area contributed by atoms with Crippen LogP contribution in [-0.2, 0) is 11.3 Å². The van der Waals surface area contributed by atoms with Gasteiger partial charge in [0.1, 0.15) is 5.01 Å². The topological polar surface area (TPSA) is 57.0 Å². The van der Waals surface area contributed by atoms with E-state index >= 15 is 0 Å². The van der Waals surface area contributed by atoms with Crippen molar-refractivity contribution in [2.75, 3.05) is 6.61 Å². The molecule has 0 saturated carbocycles. The Morgan fingerprint density at radius 3 is 3.00 bits per heavy atom. The SMILES string of the molecule is CCOC(=O)c1cnn(Cc2ncc(-c3cccc(C)c3)s2)c1. The van der Waals surface area contributed by atoms with Crippen LogP contribution in [0, 0.1) is 6.92 Å². The molecule has 1 aromatic carbocycles. The number of carbonyl (C=O) groups is 1. The zero-order valence-electron chi connectivity index (χ0n) is 13.0. The highest BCUT2D eigenvalue weighted by molar-refractivity contribution is 7.15. The maximum atomic E-state index is 11.6. The fourth-order valence-corrected chi connectivity index (χ4v) is 3.13. The smallest absolute Gasteiger partial charge is 0.341 e. The van der Waals surface area contributed by atoms with Crippen molar-refractivity contribution in [3.8, 4) is 10.4 Å². The molecule has 0 fully saturated rings. The van der Waals surface area contributed by atoms with E-state index in [0.717, 1.165) is 9.88 Å². The molecule has 0 N–H and O–H groups in total. The zero-order valence-corrected chi connectivity index (χ0v) is 13.8. The third kappa shape index (κ3) is 3.65. The van der Waals surface area contributed by atoms with Crippen molar-refractivity contribution in [1.82, 2.24) is 14.8 Å². The Morgan fingerprint density at radius 1 is 1.35 bits per heavy atom. The second-order valence-corrected chi connectivity index (χ2v) is 6.25. The summed E-state index contributed by atoms with van der Waals surface area (Å²) in [5, 5.41) is 5.14. The highest BCUT2D eigenvalue weighted by Gasteiger charge is 2.11.